The Balaban J connectivity index is 2.87. The van der Waals surface area contributed by atoms with Crippen molar-refractivity contribution in [3.63, 3.8) is 0 Å². The number of H-pyrrole nitrogens is 1. The highest BCUT2D eigenvalue weighted by atomic mass is 19.1. The molecule has 0 aromatic carbocycles. The zero-order valence-corrected chi connectivity index (χ0v) is 8.48. The molecule has 1 aromatic rings. The molecular formula is C9H16FN3. The number of nitrogens with zero attached hydrogens (tertiary/aromatic N) is 1. The number of halogens is 1. The maximum absolute atomic E-state index is 13.4. The van der Waals surface area contributed by atoms with Crippen LogP contribution in [0, 0.1) is 0 Å². The first-order valence-corrected chi connectivity index (χ1v) is 4.36. The lowest BCUT2D eigenvalue weighted by atomic mass is 10.1. The molecule has 0 bridgehead atoms. The summed E-state index contributed by atoms with van der Waals surface area (Å²) in [5.41, 5.74) is -0.491. The van der Waals surface area contributed by atoms with Crippen molar-refractivity contribution in [1.29, 1.82) is 0 Å². The van der Waals surface area contributed by atoms with Gasteiger partial charge in [0.2, 0.25) is 0 Å². The van der Waals surface area contributed by atoms with E-state index in [1.807, 2.05) is 14.0 Å². The van der Waals surface area contributed by atoms with Gasteiger partial charge < -0.3 is 10.3 Å². The second-order valence-electron chi connectivity index (χ2n) is 3.67. The van der Waals surface area contributed by atoms with Crippen LogP contribution >= 0.6 is 0 Å². The summed E-state index contributed by atoms with van der Waals surface area (Å²) in [7, 11) is 1.85. The van der Waals surface area contributed by atoms with Gasteiger partial charge in [0.15, 0.2) is 5.67 Å². The van der Waals surface area contributed by atoms with Gasteiger partial charge in [0, 0.05) is 12.2 Å². The van der Waals surface area contributed by atoms with Crippen LogP contribution in [-0.4, -0.2) is 17.0 Å². The van der Waals surface area contributed by atoms with Crippen LogP contribution in [0.2, 0.25) is 0 Å². The van der Waals surface area contributed by atoms with Crippen molar-refractivity contribution >= 4 is 0 Å². The molecule has 13 heavy (non-hydrogen) atoms. The van der Waals surface area contributed by atoms with Gasteiger partial charge in [0.1, 0.15) is 5.82 Å². The largest absolute Gasteiger partial charge is 0.342 e. The predicted octanol–water partition coefficient (Wildman–Crippen LogP) is 1.89. The second-order valence-corrected chi connectivity index (χ2v) is 3.67. The van der Waals surface area contributed by atoms with Gasteiger partial charge in [0.25, 0.3) is 0 Å². The molecule has 1 atom stereocenters. The molecule has 2 N–H and O–H groups in total. The van der Waals surface area contributed by atoms with E-state index >= 15 is 0 Å². The van der Waals surface area contributed by atoms with E-state index in [1.54, 1.807) is 6.20 Å². The molecule has 1 aromatic heterocycles. The molecule has 0 spiro atoms. The third-order valence-electron chi connectivity index (χ3n) is 2.06. The fourth-order valence-corrected chi connectivity index (χ4v) is 1.01. The van der Waals surface area contributed by atoms with E-state index in [9.17, 15) is 4.39 Å². The third kappa shape index (κ3) is 2.28. The molecule has 1 rings (SSSR count). The maximum Gasteiger partial charge on any atom is 0.162 e. The van der Waals surface area contributed by atoms with E-state index in [1.165, 1.54) is 13.8 Å². The second kappa shape index (κ2) is 3.46. The number of rotatable bonds is 3. The highest BCUT2D eigenvalue weighted by Gasteiger charge is 2.23. The van der Waals surface area contributed by atoms with Crippen molar-refractivity contribution in [3.8, 4) is 0 Å². The zero-order chi connectivity index (χ0) is 10.1. The monoisotopic (exact) mass is 185 g/mol. The Bertz CT molecular complexity index is 275. The molecule has 4 heteroatoms. The molecule has 0 fully saturated rings. The third-order valence-corrected chi connectivity index (χ3v) is 2.06. The molecule has 0 saturated heterocycles. The highest BCUT2D eigenvalue weighted by molar-refractivity contribution is 5.09. The lowest BCUT2D eigenvalue weighted by Crippen LogP contribution is -2.14. The number of imidazole rings is 1. The highest BCUT2D eigenvalue weighted by Crippen LogP contribution is 2.22. The Kier molecular flexibility index (Phi) is 2.71. The number of nitrogens with one attached hydrogen (secondary N) is 2. The molecule has 0 aliphatic carbocycles. The Hall–Kier alpha value is -0.900. The van der Waals surface area contributed by atoms with Gasteiger partial charge in [0.05, 0.1) is 5.69 Å². The van der Waals surface area contributed by atoms with Crippen molar-refractivity contribution in [2.45, 2.75) is 32.5 Å². The zero-order valence-electron chi connectivity index (χ0n) is 8.48. The standard InChI is InChI=1S/C9H16FN3/c1-6(11-4)7-5-12-8(13-7)9(2,3)10/h5-6,11H,1-4H3,(H,12,13). The number of hydrogen-bond acceptors (Lipinski definition) is 2. The van der Waals surface area contributed by atoms with Crippen molar-refractivity contribution in [3.05, 3.63) is 17.7 Å². The van der Waals surface area contributed by atoms with Crippen LogP contribution in [0.15, 0.2) is 6.20 Å². The average molecular weight is 185 g/mol. The molecule has 0 aliphatic heterocycles. The fourth-order valence-electron chi connectivity index (χ4n) is 1.01. The maximum atomic E-state index is 13.4. The van der Waals surface area contributed by atoms with Crippen LogP contribution in [0.3, 0.4) is 0 Å². The van der Waals surface area contributed by atoms with E-state index in [0.29, 0.717) is 5.82 Å². The van der Waals surface area contributed by atoms with Gasteiger partial charge in [-0.05, 0) is 27.8 Å². The van der Waals surface area contributed by atoms with Gasteiger partial charge in [-0.25, -0.2) is 9.37 Å². The number of aromatic amines is 1. The van der Waals surface area contributed by atoms with Gasteiger partial charge in [-0.1, -0.05) is 0 Å². The average Bonchev–Trinajstić information content (AvgIpc) is 2.50. The van der Waals surface area contributed by atoms with Crippen LogP contribution in [0.5, 0.6) is 0 Å². The van der Waals surface area contributed by atoms with Crippen LogP contribution in [0.25, 0.3) is 0 Å². The van der Waals surface area contributed by atoms with Crippen LogP contribution < -0.4 is 5.32 Å². The molecule has 1 heterocycles. The molecule has 74 valence electrons. The first-order valence-electron chi connectivity index (χ1n) is 4.36. The first-order chi connectivity index (χ1) is 5.95. The molecule has 0 aliphatic rings. The molecule has 0 radical (unpaired) electrons. The van der Waals surface area contributed by atoms with Crippen LogP contribution in [0.4, 0.5) is 4.39 Å². The summed E-state index contributed by atoms with van der Waals surface area (Å²) in [5.74, 6) is 0.379. The van der Waals surface area contributed by atoms with Gasteiger partial charge in [-0.15, -0.1) is 0 Å². The van der Waals surface area contributed by atoms with Crippen molar-refractivity contribution < 1.29 is 4.39 Å². The summed E-state index contributed by atoms with van der Waals surface area (Å²) in [6.07, 6.45) is 1.66. The fraction of sp³-hybridized carbons (Fsp3) is 0.667. The lowest BCUT2D eigenvalue weighted by Gasteiger charge is -2.11. The number of alkyl halides is 1. The Morgan fingerprint density at radius 2 is 2.23 bits per heavy atom. The Morgan fingerprint density at radius 1 is 1.62 bits per heavy atom. The van der Waals surface area contributed by atoms with E-state index in [-0.39, 0.29) is 6.04 Å². The summed E-state index contributed by atoms with van der Waals surface area (Å²) < 4.78 is 13.4. The Morgan fingerprint density at radius 3 is 2.62 bits per heavy atom. The van der Waals surface area contributed by atoms with E-state index < -0.39 is 5.67 Å². The lowest BCUT2D eigenvalue weighted by molar-refractivity contribution is 0.208. The summed E-state index contributed by atoms with van der Waals surface area (Å²) >= 11 is 0. The number of aromatic nitrogens is 2. The topological polar surface area (TPSA) is 40.7 Å². The Labute approximate surface area is 77.8 Å². The van der Waals surface area contributed by atoms with Crippen molar-refractivity contribution in [1.82, 2.24) is 15.3 Å². The molecular weight excluding hydrogens is 169 g/mol. The summed E-state index contributed by atoms with van der Waals surface area (Å²) in [6, 6.07) is 0.170. The van der Waals surface area contributed by atoms with E-state index in [0.717, 1.165) is 5.69 Å². The smallest absolute Gasteiger partial charge is 0.162 e. The molecule has 1 unspecified atom stereocenters. The van der Waals surface area contributed by atoms with Gasteiger partial charge in [-0.3, -0.25) is 0 Å². The first kappa shape index (κ1) is 10.2. The quantitative estimate of drug-likeness (QED) is 0.755. The van der Waals surface area contributed by atoms with E-state index in [2.05, 4.69) is 15.3 Å². The van der Waals surface area contributed by atoms with Crippen LogP contribution in [0.1, 0.15) is 38.3 Å². The van der Waals surface area contributed by atoms with Crippen LogP contribution in [-0.2, 0) is 5.67 Å². The molecule has 0 saturated carbocycles. The minimum absolute atomic E-state index is 0.170. The van der Waals surface area contributed by atoms with Crippen molar-refractivity contribution in [2.24, 2.45) is 0 Å². The summed E-state index contributed by atoms with van der Waals surface area (Å²) in [6.45, 7) is 4.96. The van der Waals surface area contributed by atoms with Gasteiger partial charge in [-0.2, -0.15) is 0 Å². The van der Waals surface area contributed by atoms with Gasteiger partial charge >= 0.3 is 0 Å². The number of hydrogen-bond donors (Lipinski definition) is 2. The van der Waals surface area contributed by atoms with E-state index in [4.69, 9.17) is 0 Å². The van der Waals surface area contributed by atoms with Crippen molar-refractivity contribution in [2.75, 3.05) is 7.05 Å². The minimum Gasteiger partial charge on any atom is -0.342 e. The molecule has 3 nitrogen and oxygen atoms in total. The minimum atomic E-state index is -1.40. The molecule has 0 amide bonds. The summed E-state index contributed by atoms with van der Waals surface area (Å²) in [4.78, 5) is 6.94. The normalized spacial score (nSPS) is 14.5. The predicted molar refractivity (Wildman–Crippen MR) is 50.2 cm³/mol. The summed E-state index contributed by atoms with van der Waals surface area (Å²) in [5, 5.41) is 3.05. The SMILES string of the molecule is CNC(C)c1cnc(C(C)(C)F)[nH]1.